The van der Waals surface area contributed by atoms with Gasteiger partial charge < -0.3 is 14.5 Å². The van der Waals surface area contributed by atoms with E-state index < -0.39 is 21.9 Å². The van der Waals surface area contributed by atoms with Gasteiger partial charge in [0, 0.05) is 19.5 Å². The van der Waals surface area contributed by atoms with Crippen LogP contribution in [0.3, 0.4) is 0 Å². The van der Waals surface area contributed by atoms with Crippen molar-refractivity contribution in [1.29, 1.82) is 0 Å². The van der Waals surface area contributed by atoms with Crippen molar-refractivity contribution in [3.63, 3.8) is 0 Å². The molecule has 0 spiro atoms. The number of carbonyl (C=O) groups is 2. The predicted octanol–water partition coefficient (Wildman–Crippen LogP) is 0.929. The number of piperazine rings is 1. The summed E-state index contributed by atoms with van der Waals surface area (Å²) >= 11 is 0. The third kappa shape index (κ3) is 4.10. The number of sulfone groups is 1. The maximum atomic E-state index is 12.7. The Hall–Kier alpha value is -2.09. The number of benzene rings is 1. The smallest absolute Gasteiger partial charge is 0.260 e. The van der Waals surface area contributed by atoms with E-state index in [9.17, 15) is 18.0 Å². The number of nitrogens with zero attached hydrogens (tertiary/aromatic N) is 2. The average molecular weight is 394 g/mol. The molecule has 2 amide bonds. The predicted molar refractivity (Wildman–Crippen MR) is 101 cm³/mol. The van der Waals surface area contributed by atoms with Gasteiger partial charge >= 0.3 is 0 Å². The van der Waals surface area contributed by atoms with Crippen LogP contribution in [0.2, 0.25) is 0 Å². The van der Waals surface area contributed by atoms with Crippen molar-refractivity contribution in [3.05, 3.63) is 29.3 Å². The molecule has 2 heterocycles. The van der Waals surface area contributed by atoms with E-state index in [1.807, 2.05) is 32.0 Å². The van der Waals surface area contributed by atoms with Crippen LogP contribution in [0.25, 0.3) is 0 Å². The molecule has 0 N–H and O–H groups in total. The highest BCUT2D eigenvalue weighted by molar-refractivity contribution is 7.91. The SMILES string of the molecule is CCC(=O)N1CCN(C(=O)COc2ccc(C)c(C)c2)[C@H]2CS(=O)(=O)C[C@H]21. The molecule has 27 heavy (non-hydrogen) atoms. The summed E-state index contributed by atoms with van der Waals surface area (Å²) < 4.78 is 30.0. The first-order chi connectivity index (χ1) is 12.7. The number of rotatable bonds is 4. The molecule has 2 aliphatic heterocycles. The van der Waals surface area contributed by atoms with Crippen LogP contribution < -0.4 is 4.74 Å². The zero-order valence-corrected chi connectivity index (χ0v) is 16.8. The van der Waals surface area contributed by atoms with Gasteiger partial charge in [-0.05, 0) is 37.1 Å². The zero-order chi connectivity index (χ0) is 19.8. The lowest BCUT2D eigenvalue weighted by Crippen LogP contribution is -2.62. The summed E-state index contributed by atoms with van der Waals surface area (Å²) in [4.78, 5) is 28.1. The second kappa shape index (κ2) is 7.50. The van der Waals surface area contributed by atoms with Crippen molar-refractivity contribution < 1.29 is 22.7 Å². The number of aryl methyl sites for hydroxylation is 2. The zero-order valence-electron chi connectivity index (χ0n) is 16.0. The van der Waals surface area contributed by atoms with Gasteiger partial charge in [-0.2, -0.15) is 0 Å². The van der Waals surface area contributed by atoms with Crippen molar-refractivity contribution >= 4 is 21.7 Å². The van der Waals surface area contributed by atoms with E-state index in [4.69, 9.17) is 4.74 Å². The molecule has 3 rings (SSSR count). The molecular weight excluding hydrogens is 368 g/mol. The molecule has 0 saturated carbocycles. The fraction of sp³-hybridized carbons (Fsp3) is 0.579. The van der Waals surface area contributed by atoms with Gasteiger partial charge in [0.25, 0.3) is 5.91 Å². The van der Waals surface area contributed by atoms with Crippen molar-refractivity contribution in [2.24, 2.45) is 0 Å². The van der Waals surface area contributed by atoms with Crippen LogP contribution in [-0.2, 0) is 19.4 Å². The van der Waals surface area contributed by atoms with Gasteiger partial charge in [0.05, 0.1) is 23.6 Å². The molecule has 1 aromatic carbocycles. The van der Waals surface area contributed by atoms with Gasteiger partial charge in [0.1, 0.15) is 5.75 Å². The minimum absolute atomic E-state index is 0.0689. The Bertz CT molecular complexity index is 852. The maximum Gasteiger partial charge on any atom is 0.260 e. The fourth-order valence-electron chi connectivity index (χ4n) is 3.81. The topological polar surface area (TPSA) is 84.0 Å². The Morgan fingerprint density at radius 3 is 2.19 bits per heavy atom. The van der Waals surface area contributed by atoms with Crippen LogP contribution in [0.1, 0.15) is 24.5 Å². The first kappa shape index (κ1) is 19.7. The van der Waals surface area contributed by atoms with Gasteiger partial charge in [0.15, 0.2) is 16.4 Å². The summed E-state index contributed by atoms with van der Waals surface area (Å²) in [5.74, 6) is 0.123. The highest BCUT2D eigenvalue weighted by atomic mass is 32.2. The van der Waals surface area contributed by atoms with Crippen LogP contribution in [0.5, 0.6) is 5.75 Å². The highest BCUT2D eigenvalue weighted by Crippen LogP contribution is 2.28. The molecule has 2 atom stereocenters. The molecule has 2 fully saturated rings. The lowest BCUT2D eigenvalue weighted by molar-refractivity contribution is -0.146. The molecule has 0 aliphatic carbocycles. The minimum atomic E-state index is -3.28. The molecule has 148 valence electrons. The lowest BCUT2D eigenvalue weighted by atomic mass is 10.0. The number of fused-ring (bicyclic) bond motifs is 1. The summed E-state index contributed by atoms with van der Waals surface area (Å²) in [6.07, 6.45) is 0.326. The Balaban J connectivity index is 1.71. The summed E-state index contributed by atoms with van der Waals surface area (Å²) in [6.45, 7) is 6.28. The summed E-state index contributed by atoms with van der Waals surface area (Å²) in [7, 11) is -3.28. The van der Waals surface area contributed by atoms with E-state index >= 15 is 0 Å². The van der Waals surface area contributed by atoms with Gasteiger partial charge in [-0.1, -0.05) is 13.0 Å². The van der Waals surface area contributed by atoms with E-state index in [2.05, 4.69) is 0 Å². The van der Waals surface area contributed by atoms with Gasteiger partial charge in [-0.25, -0.2) is 8.42 Å². The number of carbonyl (C=O) groups excluding carboxylic acids is 2. The molecule has 2 aliphatic rings. The molecule has 8 heteroatoms. The van der Waals surface area contributed by atoms with E-state index in [1.54, 1.807) is 16.7 Å². The van der Waals surface area contributed by atoms with E-state index in [0.29, 0.717) is 25.3 Å². The maximum absolute atomic E-state index is 12.7. The van der Waals surface area contributed by atoms with E-state index in [0.717, 1.165) is 11.1 Å². The summed E-state index contributed by atoms with van der Waals surface area (Å²) in [6, 6.07) is 4.68. The third-order valence-electron chi connectivity index (χ3n) is 5.46. The van der Waals surface area contributed by atoms with Gasteiger partial charge in [-0.15, -0.1) is 0 Å². The highest BCUT2D eigenvalue weighted by Gasteiger charge is 2.49. The number of ether oxygens (including phenoxy) is 1. The van der Waals surface area contributed by atoms with E-state index in [-0.39, 0.29) is 29.9 Å². The van der Waals surface area contributed by atoms with Crippen LogP contribution in [0, 0.1) is 13.8 Å². The molecule has 1 aromatic rings. The van der Waals surface area contributed by atoms with Crippen LogP contribution in [-0.4, -0.2) is 73.3 Å². The molecule has 0 radical (unpaired) electrons. The molecule has 0 bridgehead atoms. The first-order valence-corrected chi connectivity index (χ1v) is 11.0. The largest absolute Gasteiger partial charge is 0.484 e. The van der Waals surface area contributed by atoms with Crippen LogP contribution in [0.4, 0.5) is 0 Å². The normalized spacial score (nSPS) is 23.8. The second-order valence-corrected chi connectivity index (χ2v) is 9.43. The Labute approximate surface area is 160 Å². The number of amides is 2. The van der Waals surface area contributed by atoms with Crippen molar-refractivity contribution in [2.45, 2.75) is 39.3 Å². The standard InChI is InChI=1S/C19H26N2O5S/c1-4-18(22)20-7-8-21(17-12-27(24,25)11-16(17)20)19(23)10-26-15-6-5-13(2)14(3)9-15/h5-6,9,16-17H,4,7-8,10-12H2,1-3H3/t16-,17+/m1/s1. The number of hydrogen-bond donors (Lipinski definition) is 0. The monoisotopic (exact) mass is 394 g/mol. The second-order valence-electron chi connectivity index (χ2n) is 7.27. The molecule has 7 nitrogen and oxygen atoms in total. The van der Waals surface area contributed by atoms with Crippen molar-refractivity contribution in [2.75, 3.05) is 31.2 Å². The quantitative estimate of drug-likeness (QED) is 0.759. The van der Waals surface area contributed by atoms with Gasteiger partial charge in [-0.3, -0.25) is 9.59 Å². The van der Waals surface area contributed by atoms with E-state index in [1.165, 1.54) is 0 Å². The van der Waals surface area contributed by atoms with Crippen LogP contribution >= 0.6 is 0 Å². The number of hydrogen-bond acceptors (Lipinski definition) is 5. The third-order valence-corrected chi connectivity index (χ3v) is 7.16. The van der Waals surface area contributed by atoms with Gasteiger partial charge in [0.2, 0.25) is 5.91 Å². The average Bonchev–Trinajstić information content (AvgIpc) is 2.95. The summed E-state index contributed by atoms with van der Waals surface area (Å²) in [5, 5.41) is 0. The molecule has 0 unspecified atom stereocenters. The Kier molecular flexibility index (Phi) is 5.46. The molecule has 0 aromatic heterocycles. The van der Waals surface area contributed by atoms with Crippen LogP contribution in [0.15, 0.2) is 18.2 Å². The van der Waals surface area contributed by atoms with Crippen molar-refractivity contribution in [1.82, 2.24) is 9.80 Å². The summed E-state index contributed by atoms with van der Waals surface area (Å²) in [5.41, 5.74) is 2.22. The molecular formula is C19H26N2O5S. The molecule has 2 saturated heterocycles. The van der Waals surface area contributed by atoms with Crippen molar-refractivity contribution in [3.8, 4) is 5.75 Å². The first-order valence-electron chi connectivity index (χ1n) is 9.21. The Morgan fingerprint density at radius 1 is 1.04 bits per heavy atom. The minimum Gasteiger partial charge on any atom is -0.484 e. The Morgan fingerprint density at radius 2 is 1.63 bits per heavy atom. The fourth-order valence-corrected chi connectivity index (χ4v) is 5.79. The lowest BCUT2D eigenvalue weighted by Gasteiger charge is -2.43.